The average molecular weight is 599 g/mol. The highest BCUT2D eigenvalue weighted by Crippen LogP contribution is 2.43. The molecule has 0 aliphatic carbocycles. The first-order valence-electron chi connectivity index (χ1n) is 16.5. The Labute approximate surface area is 275 Å². The summed E-state index contributed by atoms with van der Waals surface area (Å²) in [5, 5.41) is 2.54. The monoisotopic (exact) mass is 598 g/mol. The topological polar surface area (TPSA) is 8.17 Å². The number of benzene rings is 7. The molecule has 2 nitrogen and oxygen atoms in total. The van der Waals surface area contributed by atoms with Crippen molar-refractivity contribution in [3.63, 3.8) is 0 Å². The second-order valence-corrected chi connectivity index (χ2v) is 12.9. The lowest BCUT2D eigenvalue weighted by Crippen LogP contribution is -2.61. The van der Waals surface area contributed by atoms with E-state index < -0.39 is 0 Å². The molecule has 0 bridgehead atoms. The van der Waals surface area contributed by atoms with Crippen molar-refractivity contribution in [2.75, 3.05) is 11.9 Å². The first-order chi connectivity index (χ1) is 23.3. The standard InChI is InChI=1S/C44H31BN2/c1-46-40-25-11-10-24-39(40)45-38-23-9-8-18-31(38)26-32-27-33(28-41(46)42(32)45)47-43-34(29-14-4-2-5-15-29)19-12-21-36(43)37-22-13-20-35(44(37)47)30-16-6-3-7-17-30/h2-25,27-28H,26H2,1H3. The summed E-state index contributed by atoms with van der Waals surface area (Å²) < 4.78 is 2.57. The second kappa shape index (κ2) is 10.1. The minimum Gasteiger partial charge on any atom is -0.345 e. The zero-order valence-corrected chi connectivity index (χ0v) is 26.2. The van der Waals surface area contributed by atoms with E-state index in [4.69, 9.17) is 0 Å². The van der Waals surface area contributed by atoms with Crippen LogP contribution in [0.4, 0.5) is 11.4 Å². The minimum atomic E-state index is 0.226. The number of fused-ring (bicyclic) bond motifs is 7. The van der Waals surface area contributed by atoms with Crippen molar-refractivity contribution in [1.29, 1.82) is 0 Å². The van der Waals surface area contributed by atoms with Gasteiger partial charge in [-0.15, -0.1) is 0 Å². The molecule has 2 aliphatic rings. The van der Waals surface area contributed by atoms with Crippen LogP contribution in [0.2, 0.25) is 0 Å². The van der Waals surface area contributed by atoms with Gasteiger partial charge in [-0.05, 0) is 57.8 Å². The van der Waals surface area contributed by atoms with E-state index >= 15 is 0 Å². The molecule has 2 aliphatic heterocycles. The lowest BCUT2D eigenvalue weighted by Gasteiger charge is -2.39. The predicted molar refractivity (Wildman–Crippen MR) is 200 cm³/mol. The van der Waals surface area contributed by atoms with Crippen LogP contribution in [0.15, 0.2) is 158 Å². The summed E-state index contributed by atoms with van der Waals surface area (Å²) in [4.78, 5) is 2.42. The van der Waals surface area contributed by atoms with Crippen LogP contribution in [0.1, 0.15) is 11.1 Å². The third-order valence-electron chi connectivity index (χ3n) is 10.5. The van der Waals surface area contributed by atoms with E-state index in [0.717, 1.165) is 6.42 Å². The SMILES string of the molecule is CN1c2ccccc2B2c3ccccc3Cc3cc(-n4c5c(-c6ccccc6)cccc5c5cccc(-c6ccccc6)c54)cc1c32. The van der Waals surface area contributed by atoms with Gasteiger partial charge in [0, 0.05) is 46.0 Å². The number of aromatic nitrogens is 1. The summed E-state index contributed by atoms with van der Waals surface area (Å²) in [6.07, 6.45) is 0.924. The Morgan fingerprint density at radius 1 is 0.489 bits per heavy atom. The first kappa shape index (κ1) is 26.4. The van der Waals surface area contributed by atoms with Crippen LogP contribution in [-0.4, -0.2) is 18.3 Å². The fraction of sp³-hybridized carbons (Fsp3) is 0.0455. The molecule has 47 heavy (non-hydrogen) atoms. The smallest absolute Gasteiger partial charge is 0.247 e. The molecule has 0 spiro atoms. The Hall–Kier alpha value is -5.80. The van der Waals surface area contributed by atoms with Crippen LogP contribution in [0.3, 0.4) is 0 Å². The van der Waals surface area contributed by atoms with Crippen LogP contribution in [-0.2, 0) is 6.42 Å². The molecular weight excluding hydrogens is 567 g/mol. The Bertz CT molecular complexity index is 2420. The molecule has 0 N–H and O–H groups in total. The van der Waals surface area contributed by atoms with Crippen molar-refractivity contribution in [3.05, 3.63) is 169 Å². The maximum Gasteiger partial charge on any atom is 0.247 e. The Balaban J connectivity index is 1.35. The van der Waals surface area contributed by atoms with Gasteiger partial charge < -0.3 is 9.47 Å². The van der Waals surface area contributed by atoms with Crippen LogP contribution in [0.25, 0.3) is 49.7 Å². The number of hydrogen-bond donors (Lipinski definition) is 0. The highest BCUT2D eigenvalue weighted by atomic mass is 15.1. The van der Waals surface area contributed by atoms with Gasteiger partial charge in [0.05, 0.1) is 11.0 Å². The molecule has 10 rings (SSSR count). The van der Waals surface area contributed by atoms with Gasteiger partial charge in [-0.25, -0.2) is 0 Å². The van der Waals surface area contributed by atoms with E-state index in [1.165, 1.54) is 88.6 Å². The fourth-order valence-electron chi connectivity index (χ4n) is 8.47. The van der Waals surface area contributed by atoms with E-state index in [0.29, 0.717) is 0 Å². The van der Waals surface area contributed by atoms with Crippen molar-refractivity contribution in [2.45, 2.75) is 6.42 Å². The van der Waals surface area contributed by atoms with Gasteiger partial charge in [-0.3, -0.25) is 0 Å². The Morgan fingerprint density at radius 3 is 1.72 bits per heavy atom. The van der Waals surface area contributed by atoms with Gasteiger partial charge in [-0.2, -0.15) is 0 Å². The van der Waals surface area contributed by atoms with Crippen molar-refractivity contribution in [1.82, 2.24) is 4.57 Å². The molecule has 0 atom stereocenters. The van der Waals surface area contributed by atoms with Crippen LogP contribution >= 0.6 is 0 Å². The lowest BCUT2D eigenvalue weighted by atomic mass is 9.32. The highest BCUT2D eigenvalue weighted by molar-refractivity contribution is 6.98. The van der Waals surface area contributed by atoms with Crippen molar-refractivity contribution in [3.8, 4) is 27.9 Å². The number of nitrogens with zero attached hydrogens (tertiary/aromatic N) is 2. The molecule has 3 heterocycles. The van der Waals surface area contributed by atoms with Gasteiger partial charge in [0.25, 0.3) is 0 Å². The summed E-state index contributed by atoms with van der Waals surface area (Å²) in [5.74, 6) is 0. The summed E-state index contributed by atoms with van der Waals surface area (Å²) in [6.45, 7) is 0.226. The quantitative estimate of drug-likeness (QED) is 0.185. The number of anilines is 2. The third kappa shape index (κ3) is 3.80. The van der Waals surface area contributed by atoms with Gasteiger partial charge in [0.1, 0.15) is 0 Å². The Kier molecular flexibility index (Phi) is 5.68. The second-order valence-electron chi connectivity index (χ2n) is 12.9. The van der Waals surface area contributed by atoms with E-state index in [1.807, 2.05) is 0 Å². The minimum absolute atomic E-state index is 0.226. The van der Waals surface area contributed by atoms with Gasteiger partial charge in [-0.1, -0.05) is 145 Å². The summed E-state index contributed by atoms with van der Waals surface area (Å²) in [6, 6.07) is 58.3. The van der Waals surface area contributed by atoms with Crippen LogP contribution < -0.4 is 21.3 Å². The molecule has 1 aromatic heterocycles. The Morgan fingerprint density at radius 2 is 1.06 bits per heavy atom. The van der Waals surface area contributed by atoms with Crippen LogP contribution in [0.5, 0.6) is 0 Å². The molecule has 0 fully saturated rings. The maximum atomic E-state index is 2.57. The number of rotatable bonds is 3. The van der Waals surface area contributed by atoms with Gasteiger partial charge >= 0.3 is 0 Å². The summed E-state index contributed by atoms with van der Waals surface area (Å²) in [7, 11) is 2.24. The van der Waals surface area contributed by atoms with Gasteiger partial charge in [0.15, 0.2) is 0 Å². The van der Waals surface area contributed by atoms with E-state index in [9.17, 15) is 0 Å². The molecule has 0 radical (unpaired) electrons. The predicted octanol–water partition coefficient (Wildman–Crippen LogP) is 8.62. The fourth-order valence-corrected chi connectivity index (χ4v) is 8.47. The normalized spacial score (nSPS) is 13.0. The average Bonchev–Trinajstić information content (AvgIpc) is 3.48. The zero-order chi connectivity index (χ0) is 31.1. The van der Waals surface area contributed by atoms with Crippen LogP contribution in [0, 0.1) is 0 Å². The molecule has 0 saturated carbocycles. The maximum absolute atomic E-state index is 2.57. The first-order valence-corrected chi connectivity index (χ1v) is 16.5. The molecular formula is C44H31BN2. The summed E-state index contributed by atoms with van der Waals surface area (Å²) in [5.41, 5.74) is 18.3. The van der Waals surface area contributed by atoms with Crippen molar-refractivity contribution < 1.29 is 0 Å². The molecule has 7 aromatic carbocycles. The van der Waals surface area contributed by atoms with Crippen molar-refractivity contribution >= 4 is 56.3 Å². The molecule has 0 saturated heterocycles. The van der Waals surface area contributed by atoms with E-state index in [2.05, 4.69) is 174 Å². The highest BCUT2D eigenvalue weighted by Gasteiger charge is 2.39. The molecule has 0 unspecified atom stereocenters. The largest absolute Gasteiger partial charge is 0.345 e. The molecule has 220 valence electrons. The molecule has 8 aromatic rings. The van der Waals surface area contributed by atoms with Gasteiger partial charge in [0.2, 0.25) is 6.71 Å². The number of para-hydroxylation sites is 3. The van der Waals surface area contributed by atoms with Crippen molar-refractivity contribution in [2.24, 2.45) is 0 Å². The third-order valence-corrected chi connectivity index (χ3v) is 10.5. The number of hydrogen-bond acceptors (Lipinski definition) is 1. The van der Waals surface area contributed by atoms with E-state index in [-0.39, 0.29) is 6.71 Å². The van der Waals surface area contributed by atoms with E-state index in [1.54, 1.807) is 0 Å². The molecule has 0 amide bonds. The summed E-state index contributed by atoms with van der Waals surface area (Å²) >= 11 is 0. The zero-order valence-electron chi connectivity index (χ0n) is 26.2. The lowest BCUT2D eigenvalue weighted by molar-refractivity contribution is 1.12. The molecule has 3 heteroatoms.